The highest BCUT2D eigenvalue weighted by molar-refractivity contribution is 6.09. The minimum Gasteiger partial charge on any atom is -0.478 e. The van der Waals surface area contributed by atoms with E-state index in [4.69, 9.17) is 9.52 Å². The van der Waals surface area contributed by atoms with Crippen LogP contribution < -0.4 is 5.32 Å². The second-order valence-corrected chi connectivity index (χ2v) is 3.79. The molecule has 1 amide bonds. The third-order valence-electron chi connectivity index (χ3n) is 2.52. The van der Waals surface area contributed by atoms with Gasteiger partial charge in [-0.1, -0.05) is 19.1 Å². The van der Waals surface area contributed by atoms with E-state index in [1.54, 1.807) is 12.1 Å². The van der Waals surface area contributed by atoms with E-state index in [9.17, 15) is 9.59 Å². The average Bonchev–Trinajstić information content (AvgIpc) is 2.86. The van der Waals surface area contributed by atoms with Gasteiger partial charge in [0.2, 0.25) is 0 Å². The zero-order valence-electron chi connectivity index (χ0n) is 10.2. The van der Waals surface area contributed by atoms with Crippen LogP contribution in [0.15, 0.2) is 34.9 Å². The van der Waals surface area contributed by atoms with Gasteiger partial charge in [0.15, 0.2) is 0 Å². The number of carboxylic acid groups (broad SMARTS) is 1. The van der Waals surface area contributed by atoms with Crippen molar-refractivity contribution in [2.45, 2.75) is 13.3 Å². The first-order valence-corrected chi connectivity index (χ1v) is 5.70. The van der Waals surface area contributed by atoms with Crippen LogP contribution in [0.2, 0.25) is 0 Å². The molecule has 2 rings (SSSR count). The lowest BCUT2D eigenvalue weighted by Crippen LogP contribution is -2.16. The highest BCUT2D eigenvalue weighted by Gasteiger charge is 2.17. The number of hydrogen-bond acceptors (Lipinski definition) is 4. The van der Waals surface area contributed by atoms with E-state index in [1.165, 1.54) is 18.3 Å². The third-order valence-corrected chi connectivity index (χ3v) is 2.52. The fourth-order valence-electron chi connectivity index (χ4n) is 1.56. The molecule has 6 nitrogen and oxygen atoms in total. The van der Waals surface area contributed by atoms with Gasteiger partial charge in [0.25, 0.3) is 5.91 Å². The molecule has 0 bridgehead atoms. The standard InChI is InChI=1S/C13H12N2O4/c1-2-8-7-14-13(19-8)15-11(16)9-5-3-4-6-10(9)12(17)18/h3-7H,2H2,1H3,(H,17,18)(H,14,15,16). The van der Waals surface area contributed by atoms with Crippen LogP contribution in [0.25, 0.3) is 0 Å². The summed E-state index contributed by atoms with van der Waals surface area (Å²) >= 11 is 0. The van der Waals surface area contributed by atoms with Crippen molar-refractivity contribution >= 4 is 17.9 Å². The molecule has 0 spiro atoms. The van der Waals surface area contributed by atoms with E-state index in [0.29, 0.717) is 12.2 Å². The second kappa shape index (κ2) is 5.34. The molecule has 0 atom stereocenters. The molecule has 0 unspecified atom stereocenters. The Morgan fingerprint density at radius 2 is 2.00 bits per heavy atom. The van der Waals surface area contributed by atoms with Crippen LogP contribution in [0.5, 0.6) is 0 Å². The molecule has 0 fully saturated rings. The summed E-state index contributed by atoms with van der Waals surface area (Å²) in [6.45, 7) is 1.89. The number of carbonyl (C=O) groups is 2. The zero-order valence-corrected chi connectivity index (χ0v) is 10.2. The maximum Gasteiger partial charge on any atom is 0.336 e. The molecule has 6 heteroatoms. The number of hydrogen-bond donors (Lipinski definition) is 2. The highest BCUT2D eigenvalue weighted by atomic mass is 16.4. The summed E-state index contributed by atoms with van der Waals surface area (Å²) in [5, 5.41) is 11.4. The van der Waals surface area contributed by atoms with Crippen LogP contribution in [0.3, 0.4) is 0 Å². The van der Waals surface area contributed by atoms with Crippen molar-refractivity contribution in [3.63, 3.8) is 0 Å². The number of carboxylic acids is 1. The Hall–Kier alpha value is -2.63. The van der Waals surface area contributed by atoms with Crippen LogP contribution in [-0.4, -0.2) is 22.0 Å². The Labute approximate surface area is 109 Å². The predicted octanol–water partition coefficient (Wildman–Crippen LogP) is 2.19. The molecule has 0 saturated heterocycles. The Balaban J connectivity index is 2.22. The molecule has 0 aliphatic heterocycles. The van der Waals surface area contributed by atoms with E-state index >= 15 is 0 Å². The summed E-state index contributed by atoms with van der Waals surface area (Å²) < 4.78 is 5.23. The number of nitrogens with zero attached hydrogens (tertiary/aromatic N) is 1. The van der Waals surface area contributed by atoms with Crippen LogP contribution in [-0.2, 0) is 6.42 Å². The number of oxazole rings is 1. The quantitative estimate of drug-likeness (QED) is 0.879. The molecule has 98 valence electrons. The number of nitrogens with one attached hydrogen (secondary N) is 1. The Morgan fingerprint density at radius 1 is 1.32 bits per heavy atom. The van der Waals surface area contributed by atoms with Gasteiger partial charge in [-0.15, -0.1) is 0 Å². The van der Waals surface area contributed by atoms with E-state index in [2.05, 4.69) is 10.3 Å². The van der Waals surface area contributed by atoms with E-state index in [-0.39, 0.29) is 17.1 Å². The summed E-state index contributed by atoms with van der Waals surface area (Å²) in [5.74, 6) is -1.09. The minimum atomic E-state index is -1.16. The van der Waals surface area contributed by atoms with Gasteiger partial charge in [-0.05, 0) is 12.1 Å². The van der Waals surface area contributed by atoms with Crippen LogP contribution in [0.4, 0.5) is 6.01 Å². The van der Waals surface area contributed by atoms with Gasteiger partial charge in [0.1, 0.15) is 5.76 Å². The Kier molecular flexibility index (Phi) is 3.61. The van der Waals surface area contributed by atoms with Gasteiger partial charge < -0.3 is 9.52 Å². The third kappa shape index (κ3) is 2.79. The topological polar surface area (TPSA) is 92.4 Å². The summed E-state index contributed by atoms with van der Waals surface area (Å²) in [6.07, 6.45) is 2.17. The van der Waals surface area contributed by atoms with E-state index in [0.717, 1.165) is 0 Å². The fourth-order valence-corrected chi connectivity index (χ4v) is 1.56. The van der Waals surface area contributed by atoms with E-state index < -0.39 is 11.9 Å². The highest BCUT2D eigenvalue weighted by Crippen LogP contribution is 2.13. The molecule has 2 aromatic rings. The first kappa shape index (κ1) is 12.8. The Morgan fingerprint density at radius 3 is 2.58 bits per heavy atom. The number of benzene rings is 1. The largest absolute Gasteiger partial charge is 0.478 e. The molecule has 2 N–H and O–H groups in total. The van der Waals surface area contributed by atoms with Crippen molar-refractivity contribution in [3.05, 3.63) is 47.3 Å². The molecule has 0 radical (unpaired) electrons. The van der Waals surface area contributed by atoms with E-state index in [1.807, 2.05) is 6.92 Å². The maximum absolute atomic E-state index is 12.0. The van der Waals surface area contributed by atoms with Crippen molar-refractivity contribution in [2.24, 2.45) is 0 Å². The minimum absolute atomic E-state index is 0.0574. The van der Waals surface area contributed by atoms with Gasteiger partial charge in [-0.3, -0.25) is 10.1 Å². The first-order chi connectivity index (χ1) is 9.11. The van der Waals surface area contributed by atoms with Crippen molar-refractivity contribution in [3.8, 4) is 0 Å². The lowest BCUT2D eigenvalue weighted by molar-refractivity contribution is 0.0692. The lowest BCUT2D eigenvalue weighted by Gasteiger charge is -2.04. The average molecular weight is 260 g/mol. The molecular weight excluding hydrogens is 248 g/mol. The first-order valence-electron chi connectivity index (χ1n) is 5.70. The summed E-state index contributed by atoms with van der Waals surface area (Å²) in [6, 6.07) is 6.00. The lowest BCUT2D eigenvalue weighted by atomic mass is 10.1. The number of amides is 1. The van der Waals surface area contributed by atoms with Gasteiger partial charge in [-0.25, -0.2) is 9.78 Å². The van der Waals surface area contributed by atoms with Crippen LogP contribution in [0.1, 0.15) is 33.4 Å². The molecule has 0 aliphatic carbocycles. The number of aromatic nitrogens is 1. The molecular formula is C13H12N2O4. The van der Waals surface area contributed by atoms with Gasteiger partial charge >= 0.3 is 12.0 Å². The molecule has 0 aliphatic rings. The van der Waals surface area contributed by atoms with Crippen molar-refractivity contribution in [1.29, 1.82) is 0 Å². The van der Waals surface area contributed by atoms with Crippen LogP contribution in [0, 0.1) is 0 Å². The monoisotopic (exact) mass is 260 g/mol. The van der Waals surface area contributed by atoms with Crippen molar-refractivity contribution in [2.75, 3.05) is 5.32 Å². The summed E-state index contributed by atoms with van der Waals surface area (Å²) in [5.41, 5.74) is -0.00600. The molecule has 0 saturated carbocycles. The molecule has 1 heterocycles. The molecule has 19 heavy (non-hydrogen) atoms. The fraction of sp³-hybridized carbons (Fsp3) is 0.154. The molecule has 1 aromatic carbocycles. The van der Waals surface area contributed by atoms with Gasteiger partial charge in [0, 0.05) is 6.42 Å². The smallest absolute Gasteiger partial charge is 0.336 e. The van der Waals surface area contributed by atoms with Gasteiger partial charge in [0.05, 0.1) is 17.3 Å². The summed E-state index contributed by atoms with van der Waals surface area (Å²) in [4.78, 5) is 26.9. The van der Waals surface area contributed by atoms with Crippen molar-refractivity contribution < 1.29 is 19.1 Å². The predicted molar refractivity (Wildman–Crippen MR) is 67.2 cm³/mol. The normalized spacial score (nSPS) is 10.2. The Bertz CT molecular complexity index is 619. The van der Waals surface area contributed by atoms with Gasteiger partial charge in [-0.2, -0.15) is 0 Å². The molecule has 1 aromatic heterocycles. The number of rotatable bonds is 4. The number of aromatic carboxylic acids is 1. The maximum atomic E-state index is 12.0. The SMILES string of the molecule is CCc1cnc(NC(=O)c2ccccc2C(=O)O)o1. The number of carbonyl (C=O) groups excluding carboxylic acids is 1. The van der Waals surface area contributed by atoms with Crippen molar-refractivity contribution in [1.82, 2.24) is 4.98 Å². The van der Waals surface area contributed by atoms with Crippen LogP contribution >= 0.6 is 0 Å². The number of anilines is 1. The second-order valence-electron chi connectivity index (χ2n) is 3.79. The number of aryl methyl sites for hydroxylation is 1. The summed E-state index contributed by atoms with van der Waals surface area (Å²) in [7, 11) is 0. The zero-order chi connectivity index (χ0) is 13.8.